The van der Waals surface area contributed by atoms with Crippen molar-refractivity contribution < 1.29 is 9.59 Å². The van der Waals surface area contributed by atoms with E-state index >= 15 is 0 Å². The van der Waals surface area contributed by atoms with E-state index < -0.39 is 0 Å². The van der Waals surface area contributed by atoms with Crippen molar-refractivity contribution in [1.82, 2.24) is 14.7 Å². The molecule has 1 amide bonds. The Balaban J connectivity index is 1.70. The SMILES string of the molecule is CCCCC1CN(C2CCCCC2=O)C(=O)c2cc(-c3ccc(Cl)cc3)nn21. The first-order chi connectivity index (χ1) is 13.6. The fourth-order valence-corrected chi connectivity index (χ4v) is 4.47. The van der Waals surface area contributed by atoms with Crippen LogP contribution >= 0.6 is 11.6 Å². The van der Waals surface area contributed by atoms with E-state index in [1.807, 2.05) is 39.9 Å². The maximum absolute atomic E-state index is 13.3. The molecule has 6 heteroatoms. The monoisotopic (exact) mass is 399 g/mol. The number of halogens is 1. The lowest BCUT2D eigenvalue weighted by Gasteiger charge is -2.39. The third-order valence-corrected chi connectivity index (χ3v) is 6.15. The van der Waals surface area contributed by atoms with Crippen LogP contribution in [0.2, 0.25) is 5.02 Å². The summed E-state index contributed by atoms with van der Waals surface area (Å²) >= 11 is 6.00. The average Bonchev–Trinajstić information content (AvgIpc) is 3.15. The number of amides is 1. The summed E-state index contributed by atoms with van der Waals surface area (Å²) in [6.45, 7) is 2.74. The highest BCUT2D eigenvalue weighted by Crippen LogP contribution is 2.32. The molecule has 5 nitrogen and oxygen atoms in total. The predicted molar refractivity (Wildman–Crippen MR) is 110 cm³/mol. The fourth-order valence-electron chi connectivity index (χ4n) is 4.34. The number of ketones is 1. The number of hydrogen-bond donors (Lipinski definition) is 0. The molecule has 1 saturated carbocycles. The van der Waals surface area contributed by atoms with Gasteiger partial charge in [0, 0.05) is 23.6 Å². The first-order valence-corrected chi connectivity index (χ1v) is 10.7. The number of rotatable bonds is 5. The summed E-state index contributed by atoms with van der Waals surface area (Å²) in [6, 6.07) is 9.22. The van der Waals surface area contributed by atoms with E-state index in [0.717, 1.165) is 49.8 Å². The smallest absolute Gasteiger partial charge is 0.272 e. The van der Waals surface area contributed by atoms with Gasteiger partial charge in [0.05, 0.1) is 17.8 Å². The van der Waals surface area contributed by atoms with Crippen LogP contribution < -0.4 is 0 Å². The van der Waals surface area contributed by atoms with Crippen LogP contribution in [0.4, 0.5) is 0 Å². The van der Waals surface area contributed by atoms with E-state index in [-0.39, 0.29) is 23.8 Å². The van der Waals surface area contributed by atoms with Gasteiger partial charge in [-0.25, -0.2) is 0 Å². The molecule has 1 fully saturated rings. The molecule has 2 heterocycles. The molecule has 0 bridgehead atoms. The summed E-state index contributed by atoms with van der Waals surface area (Å²) in [7, 11) is 0. The molecule has 2 unspecified atom stereocenters. The molecule has 0 radical (unpaired) electrons. The van der Waals surface area contributed by atoms with Crippen LogP contribution in [0, 0.1) is 0 Å². The van der Waals surface area contributed by atoms with Gasteiger partial charge in [-0.15, -0.1) is 0 Å². The van der Waals surface area contributed by atoms with Crippen molar-refractivity contribution in [3.63, 3.8) is 0 Å². The summed E-state index contributed by atoms with van der Waals surface area (Å²) in [5, 5.41) is 5.45. The quantitative estimate of drug-likeness (QED) is 0.718. The number of nitrogens with zero attached hydrogens (tertiary/aromatic N) is 3. The zero-order valence-electron chi connectivity index (χ0n) is 16.2. The molecular weight excluding hydrogens is 374 g/mol. The maximum atomic E-state index is 13.3. The maximum Gasteiger partial charge on any atom is 0.272 e. The molecule has 0 spiro atoms. The Morgan fingerprint density at radius 3 is 2.68 bits per heavy atom. The number of aromatic nitrogens is 2. The molecule has 1 aliphatic carbocycles. The van der Waals surface area contributed by atoms with E-state index in [2.05, 4.69) is 6.92 Å². The van der Waals surface area contributed by atoms with Crippen molar-refractivity contribution in [2.75, 3.05) is 6.54 Å². The van der Waals surface area contributed by atoms with E-state index in [1.165, 1.54) is 0 Å². The lowest BCUT2D eigenvalue weighted by atomic mass is 9.91. The summed E-state index contributed by atoms with van der Waals surface area (Å²) in [6.07, 6.45) is 6.43. The summed E-state index contributed by atoms with van der Waals surface area (Å²) in [5.41, 5.74) is 2.31. The number of benzene rings is 1. The van der Waals surface area contributed by atoms with Gasteiger partial charge in [0.2, 0.25) is 0 Å². The molecule has 1 aromatic heterocycles. The minimum Gasteiger partial charge on any atom is -0.325 e. The predicted octanol–water partition coefficient (Wildman–Crippen LogP) is 4.90. The second kappa shape index (κ2) is 8.08. The van der Waals surface area contributed by atoms with E-state index in [1.54, 1.807) is 0 Å². The minimum absolute atomic E-state index is 0.0688. The van der Waals surface area contributed by atoms with Crippen LogP contribution in [0.1, 0.15) is 68.4 Å². The van der Waals surface area contributed by atoms with Gasteiger partial charge < -0.3 is 4.90 Å². The fraction of sp³-hybridized carbons (Fsp3) is 0.500. The Morgan fingerprint density at radius 1 is 1.18 bits per heavy atom. The topological polar surface area (TPSA) is 55.2 Å². The van der Waals surface area contributed by atoms with Gasteiger partial charge >= 0.3 is 0 Å². The van der Waals surface area contributed by atoms with Gasteiger partial charge in [-0.2, -0.15) is 5.10 Å². The summed E-state index contributed by atoms with van der Waals surface area (Å²) in [4.78, 5) is 27.6. The van der Waals surface area contributed by atoms with E-state index in [9.17, 15) is 9.59 Å². The van der Waals surface area contributed by atoms with Crippen LogP contribution in [0.15, 0.2) is 30.3 Å². The van der Waals surface area contributed by atoms with Gasteiger partial charge in [0.1, 0.15) is 5.69 Å². The second-order valence-electron chi connectivity index (χ2n) is 7.85. The third kappa shape index (κ3) is 3.60. The van der Waals surface area contributed by atoms with Gasteiger partial charge in [-0.3, -0.25) is 14.3 Å². The Hall–Kier alpha value is -2.14. The first kappa shape index (κ1) is 19.2. The Labute approximate surface area is 170 Å². The lowest BCUT2D eigenvalue weighted by molar-refractivity contribution is -0.125. The standard InChI is InChI=1S/C22H26ClN3O2/c1-2-3-6-17-14-25(19-7-4-5-8-21(19)27)22(28)20-13-18(24-26(17)20)15-9-11-16(23)12-10-15/h9-13,17,19H,2-8,14H2,1H3. The molecule has 2 aromatic rings. The highest BCUT2D eigenvalue weighted by Gasteiger charge is 2.39. The van der Waals surface area contributed by atoms with Gasteiger partial charge in [-0.1, -0.05) is 49.9 Å². The zero-order chi connectivity index (χ0) is 19.7. The van der Waals surface area contributed by atoms with Crippen LogP contribution in [0.25, 0.3) is 11.3 Å². The number of hydrogen-bond acceptors (Lipinski definition) is 3. The van der Waals surface area contributed by atoms with Crippen molar-refractivity contribution in [3.05, 3.63) is 41.0 Å². The van der Waals surface area contributed by atoms with Crippen molar-refractivity contribution in [3.8, 4) is 11.3 Å². The van der Waals surface area contributed by atoms with E-state index in [0.29, 0.717) is 23.7 Å². The molecule has 0 saturated heterocycles. The first-order valence-electron chi connectivity index (χ1n) is 10.3. The Morgan fingerprint density at radius 2 is 1.96 bits per heavy atom. The number of Topliss-reactive ketones (excluding diaryl/α,β-unsaturated/α-hetero) is 1. The molecule has 1 aliphatic heterocycles. The van der Waals surface area contributed by atoms with Gasteiger partial charge in [0.25, 0.3) is 5.91 Å². The Bertz CT molecular complexity index is 874. The second-order valence-corrected chi connectivity index (χ2v) is 8.28. The summed E-state index contributed by atoms with van der Waals surface area (Å²) in [5.74, 6) is 0.139. The lowest BCUT2D eigenvalue weighted by Crippen LogP contribution is -2.52. The zero-order valence-corrected chi connectivity index (χ0v) is 17.0. The Kier molecular flexibility index (Phi) is 5.54. The molecule has 0 N–H and O–H groups in total. The van der Waals surface area contributed by atoms with Crippen LogP contribution in [-0.4, -0.2) is 39.0 Å². The normalized spacial score (nSPS) is 22.4. The van der Waals surface area contributed by atoms with Crippen molar-refractivity contribution in [2.45, 2.75) is 64.0 Å². The number of carbonyl (C=O) groups excluding carboxylic acids is 2. The molecule has 1 aromatic carbocycles. The number of unbranched alkanes of at least 4 members (excludes halogenated alkanes) is 1. The average molecular weight is 400 g/mol. The van der Waals surface area contributed by atoms with Gasteiger partial charge in [0.15, 0.2) is 5.78 Å². The molecule has 2 atom stereocenters. The van der Waals surface area contributed by atoms with E-state index in [4.69, 9.17) is 16.7 Å². The molecule has 4 rings (SSSR count). The van der Waals surface area contributed by atoms with Crippen LogP contribution in [0.5, 0.6) is 0 Å². The minimum atomic E-state index is -0.270. The van der Waals surface area contributed by atoms with Gasteiger partial charge in [-0.05, 0) is 37.5 Å². The van der Waals surface area contributed by atoms with Crippen molar-refractivity contribution in [2.24, 2.45) is 0 Å². The highest BCUT2D eigenvalue weighted by atomic mass is 35.5. The van der Waals surface area contributed by atoms with Crippen molar-refractivity contribution >= 4 is 23.3 Å². The number of fused-ring (bicyclic) bond motifs is 1. The summed E-state index contributed by atoms with van der Waals surface area (Å²) < 4.78 is 1.89. The van der Waals surface area contributed by atoms with Crippen LogP contribution in [0.3, 0.4) is 0 Å². The molecule has 28 heavy (non-hydrogen) atoms. The van der Waals surface area contributed by atoms with Crippen molar-refractivity contribution in [1.29, 1.82) is 0 Å². The number of carbonyl (C=O) groups is 2. The molecule has 148 valence electrons. The molecule has 2 aliphatic rings. The highest BCUT2D eigenvalue weighted by molar-refractivity contribution is 6.30. The largest absolute Gasteiger partial charge is 0.325 e. The molecular formula is C22H26ClN3O2. The third-order valence-electron chi connectivity index (χ3n) is 5.90. The van der Waals surface area contributed by atoms with Crippen LogP contribution in [-0.2, 0) is 4.79 Å².